The number of nitrogens with one attached hydrogen (secondary N) is 1. The van der Waals surface area contributed by atoms with Crippen LogP contribution in [0.15, 0.2) is 6.20 Å². The lowest BCUT2D eigenvalue weighted by atomic mass is 10.2. The number of nitrogens with zero attached hydrogens (tertiary/aromatic N) is 1. The predicted octanol–water partition coefficient (Wildman–Crippen LogP) is 1.32. The highest BCUT2D eigenvalue weighted by Gasteiger charge is 2.23. The van der Waals surface area contributed by atoms with Crippen LogP contribution in [0.3, 0.4) is 0 Å². The van der Waals surface area contributed by atoms with Gasteiger partial charge in [0.25, 0.3) is 0 Å². The van der Waals surface area contributed by atoms with Gasteiger partial charge in [-0.1, -0.05) is 11.6 Å². The van der Waals surface area contributed by atoms with Crippen molar-refractivity contribution in [3.05, 3.63) is 15.5 Å². The summed E-state index contributed by atoms with van der Waals surface area (Å²) in [4.78, 5) is 4.56. The van der Waals surface area contributed by atoms with Gasteiger partial charge in [0.2, 0.25) is 0 Å². The first-order chi connectivity index (χ1) is 7.55. The Balaban J connectivity index is 1.96. The van der Waals surface area contributed by atoms with Crippen LogP contribution in [0.25, 0.3) is 0 Å². The molecule has 0 radical (unpaired) electrons. The normalized spacial score (nSPS) is 21.4. The fourth-order valence-electron chi connectivity index (χ4n) is 1.84. The minimum Gasteiger partial charge on any atom is -0.316 e. The van der Waals surface area contributed by atoms with Crippen LogP contribution in [0, 0.1) is 5.92 Å². The van der Waals surface area contributed by atoms with Crippen molar-refractivity contribution in [3.63, 3.8) is 0 Å². The van der Waals surface area contributed by atoms with Crippen LogP contribution in [0.5, 0.6) is 0 Å². The van der Waals surface area contributed by atoms with Crippen LogP contribution in [0.2, 0.25) is 4.47 Å². The minimum atomic E-state index is -3.03. The Kier molecular flexibility index (Phi) is 3.84. The molecule has 2 rings (SSSR count). The van der Waals surface area contributed by atoms with E-state index in [2.05, 4.69) is 10.3 Å². The zero-order valence-electron chi connectivity index (χ0n) is 8.65. The summed E-state index contributed by atoms with van der Waals surface area (Å²) in [5.41, 5.74) is 0. The molecule has 2 heterocycles. The van der Waals surface area contributed by atoms with Gasteiger partial charge in [0.1, 0.15) is 0 Å². The third-order valence-electron chi connectivity index (χ3n) is 2.54. The Morgan fingerprint density at radius 3 is 3.00 bits per heavy atom. The van der Waals surface area contributed by atoms with E-state index < -0.39 is 9.84 Å². The Labute approximate surface area is 104 Å². The Morgan fingerprint density at radius 2 is 2.44 bits per heavy atom. The van der Waals surface area contributed by atoms with Crippen LogP contribution >= 0.6 is 22.9 Å². The van der Waals surface area contributed by atoms with Crippen molar-refractivity contribution in [2.45, 2.75) is 12.2 Å². The lowest BCUT2D eigenvalue weighted by molar-refractivity contribution is 0.570. The third kappa shape index (κ3) is 3.41. The van der Waals surface area contributed by atoms with E-state index >= 15 is 0 Å². The molecule has 0 spiro atoms. The number of hydrogen-bond donors (Lipinski definition) is 1. The second-order valence-electron chi connectivity index (χ2n) is 3.99. The smallest absolute Gasteiger partial charge is 0.183 e. The van der Waals surface area contributed by atoms with E-state index in [1.165, 1.54) is 17.5 Å². The maximum atomic E-state index is 11.9. The van der Waals surface area contributed by atoms with E-state index in [1.54, 1.807) is 0 Å². The average molecular weight is 281 g/mol. The van der Waals surface area contributed by atoms with Gasteiger partial charge in [-0.3, -0.25) is 0 Å². The molecule has 1 atom stereocenters. The molecule has 16 heavy (non-hydrogen) atoms. The van der Waals surface area contributed by atoms with E-state index in [4.69, 9.17) is 11.6 Å². The number of thiazole rings is 1. The van der Waals surface area contributed by atoms with Crippen molar-refractivity contribution >= 4 is 32.8 Å². The lowest BCUT2D eigenvalue weighted by Gasteiger charge is -2.07. The molecule has 7 heteroatoms. The van der Waals surface area contributed by atoms with E-state index in [-0.39, 0.29) is 17.4 Å². The number of hydrogen-bond acceptors (Lipinski definition) is 5. The molecule has 0 bridgehead atoms. The molecule has 0 aliphatic carbocycles. The SMILES string of the molecule is O=S(=O)(Cc1cnc(Cl)s1)C[C@H]1CCNC1. The monoisotopic (exact) mass is 280 g/mol. The summed E-state index contributed by atoms with van der Waals surface area (Å²) in [5.74, 6) is 0.581. The summed E-state index contributed by atoms with van der Waals surface area (Å²) in [6, 6.07) is 0. The van der Waals surface area contributed by atoms with Gasteiger partial charge in [0.05, 0.1) is 11.5 Å². The summed E-state index contributed by atoms with van der Waals surface area (Å²) in [6.07, 6.45) is 2.49. The first-order valence-corrected chi connectivity index (χ1v) is 8.08. The van der Waals surface area contributed by atoms with Gasteiger partial charge in [0, 0.05) is 11.1 Å². The molecular formula is C9H13ClN2O2S2. The van der Waals surface area contributed by atoms with Crippen molar-refractivity contribution in [2.75, 3.05) is 18.8 Å². The molecule has 0 saturated carbocycles. The fourth-order valence-corrected chi connectivity index (χ4v) is 5.02. The molecule has 4 nitrogen and oxygen atoms in total. The first kappa shape index (κ1) is 12.3. The highest BCUT2D eigenvalue weighted by Crippen LogP contribution is 2.21. The van der Waals surface area contributed by atoms with Crippen LogP contribution < -0.4 is 5.32 Å². The highest BCUT2D eigenvalue weighted by atomic mass is 35.5. The van der Waals surface area contributed by atoms with Crippen LogP contribution in [0.4, 0.5) is 0 Å². The third-order valence-corrected chi connectivity index (χ3v) is 5.57. The molecule has 1 aliphatic heterocycles. The van der Waals surface area contributed by atoms with Crippen molar-refractivity contribution in [2.24, 2.45) is 5.92 Å². The van der Waals surface area contributed by atoms with E-state index in [0.717, 1.165) is 24.4 Å². The van der Waals surface area contributed by atoms with E-state index in [9.17, 15) is 8.42 Å². The molecule has 1 aromatic heterocycles. The van der Waals surface area contributed by atoms with Crippen molar-refractivity contribution < 1.29 is 8.42 Å². The molecule has 1 fully saturated rings. The number of sulfone groups is 1. The second-order valence-corrected chi connectivity index (χ2v) is 7.80. The fraction of sp³-hybridized carbons (Fsp3) is 0.667. The number of halogens is 1. The maximum Gasteiger partial charge on any atom is 0.183 e. The summed E-state index contributed by atoms with van der Waals surface area (Å²) in [7, 11) is -3.03. The lowest BCUT2D eigenvalue weighted by Crippen LogP contribution is -2.19. The van der Waals surface area contributed by atoms with Gasteiger partial charge >= 0.3 is 0 Å². The van der Waals surface area contributed by atoms with Crippen molar-refractivity contribution in [1.29, 1.82) is 0 Å². The van der Waals surface area contributed by atoms with Crippen LogP contribution in [-0.2, 0) is 15.6 Å². The highest BCUT2D eigenvalue weighted by molar-refractivity contribution is 7.90. The standard InChI is InChI=1S/C9H13ClN2O2S2/c10-9-12-4-8(15-9)6-16(13,14)5-7-1-2-11-3-7/h4,7,11H,1-3,5-6H2/t7-/m0/s1. The zero-order chi connectivity index (χ0) is 11.6. The maximum absolute atomic E-state index is 11.9. The molecule has 1 aliphatic rings. The molecule has 1 aromatic rings. The predicted molar refractivity (Wildman–Crippen MR) is 65.6 cm³/mol. The van der Waals surface area contributed by atoms with Crippen molar-refractivity contribution in [3.8, 4) is 0 Å². The van der Waals surface area contributed by atoms with Gasteiger partial charge < -0.3 is 5.32 Å². The molecular weight excluding hydrogens is 268 g/mol. The summed E-state index contributed by atoms with van der Waals surface area (Å²) < 4.78 is 24.1. The summed E-state index contributed by atoms with van der Waals surface area (Å²) >= 11 is 6.89. The topological polar surface area (TPSA) is 59.1 Å². The molecule has 0 amide bonds. The Bertz CT molecular complexity index is 452. The first-order valence-electron chi connectivity index (χ1n) is 5.06. The van der Waals surface area contributed by atoms with Crippen molar-refractivity contribution in [1.82, 2.24) is 10.3 Å². The van der Waals surface area contributed by atoms with Crippen LogP contribution in [0.1, 0.15) is 11.3 Å². The van der Waals surface area contributed by atoms with Gasteiger partial charge in [-0.2, -0.15) is 0 Å². The summed E-state index contributed by atoms with van der Waals surface area (Å²) in [5, 5.41) is 3.17. The molecule has 90 valence electrons. The Morgan fingerprint density at radius 1 is 1.62 bits per heavy atom. The van der Waals surface area contributed by atoms with Gasteiger partial charge in [-0.05, 0) is 25.4 Å². The molecule has 0 aromatic carbocycles. The van der Waals surface area contributed by atoms with Gasteiger partial charge in [-0.15, -0.1) is 11.3 Å². The average Bonchev–Trinajstić information content (AvgIpc) is 2.76. The van der Waals surface area contributed by atoms with E-state index in [0.29, 0.717) is 4.47 Å². The molecule has 1 saturated heterocycles. The molecule has 1 N–H and O–H groups in total. The number of aromatic nitrogens is 1. The molecule has 0 unspecified atom stereocenters. The van der Waals surface area contributed by atoms with Crippen LogP contribution in [-0.4, -0.2) is 32.2 Å². The zero-order valence-corrected chi connectivity index (χ0v) is 11.0. The second kappa shape index (κ2) is 5.00. The number of rotatable bonds is 4. The van der Waals surface area contributed by atoms with Gasteiger partial charge in [-0.25, -0.2) is 13.4 Å². The largest absolute Gasteiger partial charge is 0.316 e. The minimum absolute atomic E-state index is 0.0634. The van der Waals surface area contributed by atoms with E-state index in [1.807, 2.05) is 0 Å². The summed E-state index contributed by atoms with van der Waals surface area (Å²) in [6.45, 7) is 1.73. The quantitative estimate of drug-likeness (QED) is 0.904. The van der Waals surface area contributed by atoms with Gasteiger partial charge in [0.15, 0.2) is 14.3 Å². The Hall–Kier alpha value is -0.170.